The molecule has 0 radical (unpaired) electrons. The van der Waals surface area contributed by atoms with Crippen molar-refractivity contribution in [3.8, 4) is 0 Å². The second kappa shape index (κ2) is 4.84. The van der Waals surface area contributed by atoms with Crippen LogP contribution in [0.3, 0.4) is 0 Å². The maximum atomic E-state index is 12.2. The predicted molar refractivity (Wildman–Crippen MR) is 49.8 cm³/mol. The minimum atomic E-state index is -4.14. The van der Waals surface area contributed by atoms with Crippen molar-refractivity contribution in [1.29, 1.82) is 0 Å². The molecule has 82 valence electrons. The Morgan fingerprint density at radius 2 is 1.54 bits per heavy atom. The third kappa shape index (κ3) is 6.87. The molecule has 1 nitrogen and oxygen atoms in total. The van der Waals surface area contributed by atoms with Crippen molar-refractivity contribution >= 4 is 0 Å². The summed E-state index contributed by atoms with van der Waals surface area (Å²) in [5, 5.41) is 2.52. The van der Waals surface area contributed by atoms with Gasteiger partial charge in [-0.05, 0) is 27.2 Å². The number of nitrogens with one attached hydrogen (secondary N) is 1. The molecule has 0 spiro atoms. The highest BCUT2D eigenvalue weighted by Crippen LogP contribution is 2.23. The summed E-state index contributed by atoms with van der Waals surface area (Å²) >= 11 is 0. The third-order valence-corrected chi connectivity index (χ3v) is 1.41. The topological polar surface area (TPSA) is 12.0 Å². The van der Waals surface area contributed by atoms with Gasteiger partial charge in [0.15, 0.2) is 0 Å². The lowest BCUT2D eigenvalue weighted by molar-refractivity contribution is -0.160. The zero-order valence-electron chi connectivity index (χ0n) is 7.92. The zero-order chi connectivity index (χ0) is 9.99. The molecule has 0 unspecified atom stereocenters. The van der Waals surface area contributed by atoms with Crippen LogP contribution in [-0.4, -0.2) is 17.8 Å². The third-order valence-electron chi connectivity index (χ3n) is 1.41. The molecule has 1 N–H and O–H groups in total. The fourth-order valence-corrected chi connectivity index (χ4v) is 0.938. The number of hydrogen-bond donors (Lipinski definition) is 1. The van der Waals surface area contributed by atoms with Crippen LogP contribution in [0.25, 0.3) is 0 Å². The Bertz CT molecular complexity index is 135. The highest BCUT2D eigenvalue weighted by atomic mass is 19.4. The molecular weight excluding hydrogens is 179 g/mol. The van der Waals surface area contributed by atoms with Crippen molar-refractivity contribution in [3.05, 3.63) is 0 Å². The summed E-state index contributed by atoms with van der Waals surface area (Å²) in [6.07, 6.45) is -4.07. The van der Waals surface area contributed by atoms with E-state index in [-0.39, 0.29) is 13.8 Å². The summed E-state index contributed by atoms with van der Waals surface area (Å²) in [5.41, 5.74) is -0.490. The van der Waals surface area contributed by atoms with E-state index in [4.69, 9.17) is 0 Å². The molecule has 0 saturated carbocycles. The molecule has 0 heterocycles. The van der Waals surface area contributed by atoms with Crippen LogP contribution in [0.2, 0.25) is 0 Å². The van der Waals surface area contributed by atoms with Crippen LogP contribution in [0.4, 0.5) is 13.2 Å². The van der Waals surface area contributed by atoms with Crippen molar-refractivity contribution in [2.75, 3.05) is 0 Å². The van der Waals surface area contributed by atoms with Crippen molar-refractivity contribution in [1.82, 2.24) is 5.32 Å². The summed E-state index contributed by atoms with van der Waals surface area (Å²) in [4.78, 5) is 0. The lowest BCUT2D eigenvalue weighted by Gasteiger charge is -2.29. The van der Waals surface area contributed by atoms with Crippen molar-refractivity contribution in [2.45, 2.75) is 59.3 Å². The van der Waals surface area contributed by atoms with Gasteiger partial charge >= 0.3 is 6.18 Å². The molecule has 0 aliphatic rings. The van der Waals surface area contributed by atoms with E-state index in [1.165, 1.54) is 6.92 Å². The lowest BCUT2D eigenvalue weighted by atomic mass is 10.1. The van der Waals surface area contributed by atoms with E-state index in [0.717, 1.165) is 0 Å². The maximum absolute atomic E-state index is 12.2. The molecule has 1 atom stereocenters. The minimum absolute atomic E-state index is 0. The first-order valence-corrected chi connectivity index (χ1v) is 4.01. The minimum Gasteiger partial charge on any atom is -0.301 e. The van der Waals surface area contributed by atoms with Gasteiger partial charge in [-0.15, -0.1) is 0 Å². The molecule has 0 aromatic heterocycles. The van der Waals surface area contributed by atoms with Crippen LogP contribution < -0.4 is 5.32 Å². The van der Waals surface area contributed by atoms with Crippen LogP contribution >= 0.6 is 0 Å². The first-order chi connectivity index (χ1) is 5.17. The van der Waals surface area contributed by atoms with Crippen molar-refractivity contribution < 1.29 is 13.2 Å². The Balaban J connectivity index is 0. The number of hydrogen-bond acceptors (Lipinski definition) is 1. The molecule has 0 fully saturated rings. The molecule has 0 aromatic rings. The second-order valence-corrected chi connectivity index (χ2v) is 3.90. The van der Waals surface area contributed by atoms with E-state index in [1.54, 1.807) is 20.8 Å². The summed E-state index contributed by atoms with van der Waals surface area (Å²) in [6, 6.07) is -1.39. The van der Waals surface area contributed by atoms with Crippen molar-refractivity contribution in [3.63, 3.8) is 0 Å². The summed E-state index contributed by atoms with van der Waals surface area (Å²) < 4.78 is 36.6. The van der Waals surface area contributed by atoms with Gasteiger partial charge in [0.05, 0.1) is 0 Å². The number of rotatable bonds is 2. The second-order valence-electron chi connectivity index (χ2n) is 3.90. The summed E-state index contributed by atoms with van der Waals surface area (Å²) in [7, 11) is 0. The average molecular weight is 199 g/mol. The van der Waals surface area contributed by atoms with E-state index in [0.29, 0.717) is 0 Å². The Morgan fingerprint density at radius 3 is 1.62 bits per heavy atom. The summed E-state index contributed by atoms with van der Waals surface area (Å²) in [5.74, 6) is 0. The van der Waals surface area contributed by atoms with Gasteiger partial charge in [-0.2, -0.15) is 13.2 Å². The van der Waals surface area contributed by atoms with E-state index < -0.39 is 17.8 Å². The molecule has 0 bridgehead atoms. The quantitative estimate of drug-likeness (QED) is 0.719. The molecule has 0 aliphatic carbocycles. The molecular formula is C9H20F3N. The SMILES string of the molecule is C.CC[C@H](NC(C)(C)C)C(F)(F)F. The molecule has 0 rings (SSSR count). The Kier molecular flexibility index (Phi) is 5.67. The standard InChI is InChI=1S/C8H16F3N.CH4/c1-5-6(8(9,10)11)12-7(2,3)4;/h6,12H,5H2,1-4H3;1H4/t6-;/m0./s1. The largest absolute Gasteiger partial charge is 0.403 e. The van der Waals surface area contributed by atoms with Crippen LogP contribution in [0.1, 0.15) is 41.5 Å². The van der Waals surface area contributed by atoms with Gasteiger partial charge in [-0.25, -0.2) is 0 Å². The van der Waals surface area contributed by atoms with Gasteiger partial charge in [-0.1, -0.05) is 14.4 Å². The molecule has 13 heavy (non-hydrogen) atoms. The van der Waals surface area contributed by atoms with Crippen LogP contribution in [0.5, 0.6) is 0 Å². The monoisotopic (exact) mass is 199 g/mol. The smallest absolute Gasteiger partial charge is 0.301 e. The summed E-state index contributed by atoms with van der Waals surface area (Å²) in [6.45, 7) is 6.70. The van der Waals surface area contributed by atoms with Crippen LogP contribution in [0.15, 0.2) is 0 Å². The fraction of sp³-hybridized carbons (Fsp3) is 1.00. The fourth-order valence-electron chi connectivity index (χ4n) is 0.938. The number of alkyl halides is 3. The van der Waals surface area contributed by atoms with Crippen LogP contribution in [-0.2, 0) is 0 Å². The highest BCUT2D eigenvalue weighted by Gasteiger charge is 2.39. The van der Waals surface area contributed by atoms with E-state index >= 15 is 0 Å². The normalized spacial score (nSPS) is 15.0. The van der Waals surface area contributed by atoms with E-state index in [1.807, 2.05) is 0 Å². The van der Waals surface area contributed by atoms with Gasteiger partial charge in [0.25, 0.3) is 0 Å². The van der Waals surface area contributed by atoms with Crippen LogP contribution in [0, 0.1) is 0 Å². The molecule has 4 heteroatoms. The first kappa shape index (κ1) is 15.2. The molecule has 0 saturated heterocycles. The first-order valence-electron chi connectivity index (χ1n) is 4.01. The van der Waals surface area contributed by atoms with Gasteiger partial charge in [-0.3, -0.25) is 0 Å². The van der Waals surface area contributed by atoms with E-state index in [2.05, 4.69) is 5.32 Å². The predicted octanol–water partition coefficient (Wildman–Crippen LogP) is 3.35. The highest BCUT2D eigenvalue weighted by molar-refractivity contribution is 4.81. The Morgan fingerprint density at radius 1 is 1.15 bits per heavy atom. The average Bonchev–Trinajstić information content (AvgIpc) is 1.78. The van der Waals surface area contributed by atoms with E-state index in [9.17, 15) is 13.2 Å². The molecule has 0 aromatic carbocycles. The van der Waals surface area contributed by atoms with Gasteiger partial charge in [0, 0.05) is 5.54 Å². The maximum Gasteiger partial charge on any atom is 0.403 e. The Labute approximate surface area is 78.7 Å². The Hall–Kier alpha value is -0.250. The van der Waals surface area contributed by atoms with Crippen molar-refractivity contribution in [2.24, 2.45) is 0 Å². The lowest BCUT2D eigenvalue weighted by Crippen LogP contribution is -2.50. The van der Waals surface area contributed by atoms with Gasteiger partial charge in [0.1, 0.15) is 6.04 Å². The van der Waals surface area contributed by atoms with Gasteiger partial charge in [0.2, 0.25) is 0 Å². The molecule has 0 amide bonds. The number of halogens is 3. The molecule has 0 aliphatic heterocycles. The zero-order valence-corrected chi connectivity index (χ0v) is 7.92. The van der Waals surface area contributed by atoms with Gasteiger partial charge < -0.3 is 5.32 Å².